The highest BCUT2D eigenvalue weighted by Crippen LogP contribution is 0.711. The summed E-state index contributed by atoms with van der Waals surface area (Å²) in [6, 6.07) is 0. The SMILES string of the molecule is O.O.O.OO. The fourth-order valence-corrected chi connectivity index (χ4v) is 0. The maximum absolute atomic E-state index is 6.00. The van der Waals surface area contributed by atoms with Gasteiger partial charge in [0.2, 0.25) is 0 Å². The molecule has 0 rings (SSSR count). The maximum Gasteiger partial charge on any atom is -0.255 e. The van der Waals surface area contributed by atoms with Crippen LogP contribution in [0.1, 0.15) is 0 Å². The van der Waals surface area contributed by atoms with Gasteiger partial charge in [-0.05, 0) is 0 Å². The van der Waals surface area contributed by atoms with E-state index in [1.54, 1.807) is 0 Å². The van der Waals surface area contributed by atoms with E-state index in [9.17, 15) is 0 Å². The Morgan fingerprint density at radius 2 is 0.600 bits per heavy atom. The molecule has 0 bridgehead atoms. The van der Waals surface area contributed by atoms with Crippen LogP contribution in [0, 0.1) is 0 Å². The predicted octanol–water partition coefficient (Wildman–Crippen LogP) is -2.46. The molecule has 0 amide bonds. The normalized spacial score (nSPS) is 1.20. The molecule has 0 aliphatic heterocycles. The van der Waals surface area contributed by atoms with Gasteiger partial charge in [-0.2, -0.15) is 0 Å². The van der Waals surface area contributed by atoms with Crippen molar-refractivity contribution in [2.75, 3.05) is 0 Å². The van der Waals surface area contributed by atoms with Gasteiger partial charge in [0.05, 0.1) is 0 Å². The van der Waals surface area contributed by atoms with Crippen LogP contribution in [0.4, 0.5) is 0 Å². The third kappa shape index (κ3) is 308. The van der Waals surface area contributed by atoms with Gasteiger partial charge in [-0.3, -0.25) is 10.5 Å². The molecule has 0 saturated heterocycles. The van der Waals surface area contributed by atoms with E-state index in [1.807, 2.05) is 0 Å². The minimum atomic E-state index is 0. The Balaban J connectivity index is -0.00000000167. The molecule has 0 aromatic carbocycles. The van der Waals surface area contributed by atoms with Gasteiger partial charge in [-0.25, -0.2) is 0 Å². The molecule has 5 nitrogen and oxygen atoms in total. The summed E-state index contributed by atoms with van der Waals surface area (Å²) in [5, 5.41) is 12.0. The van der Waals surface area contributed by atoms with Gasteiger partial charge in [-0.15, -0.1) is 0 Å². The van der Waals surface area contributed by atoms with Crippen molar-refractivity contribution < 1.29 is 26.9 Å². The molecule has 0 aliphatic rings. The first-order valence-corrected chi connectivity index (χ1v) is 0.200. The molecule has 5 heavy (non-hydrogen) atoms. The molecule has 0 aromatic rings. The molecular formula is H8O5. The third-order valence-electron chi connectivity index (χ3n) is 0. The molecule has 0 fully saturated rings. The summed E-state index contributed by atoms with van der Waals surface area (Å²) in [6.07, 6.45) is 0. The van der Waals surface area contributed by atoms with Crippen molar-refractivity contribution in [1.29, 1.82) is 0 Å². The molecule has 5 heteroatoms. The Morgan fingerprint density at radius 1 is 0.600 bits per heavy atom. The summed E-state index contributed by atoms with van der Waals surface area (Å²) in [6.45, 7) is 0. The van der Waals surface area contributed by atoms with Gasteiger partial charge >= 0.3 is 0 Å². The second-order valence-electron chi connectivity index (χ2n) is 0. The monoisotopic (exact) mass is 88.0 g/mol. The zero-order chi connectivity index (χ0) is 2.00. The van der Waals surface area contributed by atoms with Crippen molar-refractivity contribution in [3.05, 3.63) is 0 Å². The molecule has 0 atom stereocenters. The second-order valence-corrected chi connectivity index (χ2v) is 0. The minimum absolute atomic E-state index is 0. The molecule has 0 heterocycles. The lowest BCUT2D eigenvalue weighted by Crippen LogP contribution is -1.29. The quantitative estimate of drug-likeness (QED) is 0.251. The number of hydrogen-bond donors (Lipinski definition) is 2. The van der Waals surface area contributed by atoms with Crippen LogP contribution >= 0.6 is 0 Å². The van der Waals surface area contributed by atoms with Crippen LogP contribution in [0.15, 0.2) is 0 Å². The molecule has 0 saturated carbocycles. The van der Waals surface area contributed by atoms with Crippen LogP contribution < -0.4 is 0 Å². The van der Waals surface area contributed by atoms with E-state index >= 15 is 0 Å². The average Bonchev–Trinajstić information content (AvgIpc) is 1.00. The van der Waals surface area contributed by atoms with E-state index < -0.39 is 0 Å². The molecule has 8 N–H and O–H groups in total. The lowest BCUT2D eigenvalue weighted by molar-refractivity contribution is -0.176. The van der Waals surface area contributed by atoms with E-state index in [-0.39, 0.29) is 16.4 Å². The van der Waals surface area contributed by atoms with Crippen molar-refractivity contribution in [2.24, 2.45) is 0 Å². The van der Waals surface area contributed by atoms with Crippen LogP contribution in [-0.4, -0.2) is 26.9 Å². The van der Waals surface area contributed by atoms with Crippen molar-refractivity contribution >= 4 is 0 Å². The van der Waals surface area contributed by atoms with Crippen LogP contribution in [0.2, 0.25) is 0 Å². The Hall–Kier alpha value is -0.200. The number of rotatable bonds is 0. The standard InChI is InChI=1S/H2O2.3H2O/c1-2;;;/h1-2H;3*1H2. The highest BCUT2D eigenvalue weighted by atomic mass is 17.0. The first-order valence-electron chi connectivity index (χ1n) is 0.200. The largest absolute Gasteiger partial charge is 0.412 e. The first-order chi connectivity index (χ1) is 1.00. The maximum atomic E-state index is 6.00. The summed E-state index contributed by atoms with van der Waals surface area (Å²) in [4.78, 5) is 0. The fourth-order valence-electron chi connectivity index (χ4n) is 0. The molecule has 38 valence electrons. The van der Waals surface area contributed by atoms with Gasteiger partial charge in [0.25, 0.3) is 0 Å². The minimum Gasteiger partial charge on any atom is -0.412 e. The van der Waals surface area contributed by atoms with Crippen LogP contribution in [-0.2, 0) is 0 Å². The van der Waals surface area contributed by atoms with E-state index in [0.717, 1.165) is 0 Å². The van der Waals surface area contributed by atoms with E-state index in [4.69, 9.17) is 10.5 Å². The molecule has 0 unspecified atom stereocenters. The molecule has 0 aliphatic carbocycles. The summed E-state index contributed by atoms with van der Waals surface area (Å²) in [5.41, 5.74) is 0. The van der Waals surface area contributed by atoms with Crippen molar-refractivity contribution in [2.45, 2.75) is 0 Å². The molecule has 0 spiro atoms. The van der Waals surface area contributed by atoms with Crippen molar-refractivity contribution in [1.82, 2.24) is 0 Å². The molecular weight excluding hydrogens is 80.0 g/mol. The van der Waals surface area contributed by atoms with Crippen molar-refractivity contribution in [3.8, 4) is 0 Å². The number of hydrogen-bond acceptors (Lipinski definition) is 2. The van der Waals surface area contributed by atoms with E-state index in [2.05, 4.69) is 0 Å². The zero-order valence-electron chi connectivity index (χ0n) is 2.39. The second kappa shape index (κ2) is 745. The van der Waals surface area contributed by atoms with E-state index in [0.29, 0.717) is 0 Å². The van der Waals surface area contributed by atoms with Crippen molar-refractivity contribution in [3.63, 3.8) is 0 Å². The first kappa shape index (κ1) is 108. The Kier molecular flexibility index (Phi) is 16100. The van der Waals surface area contributed by atoms with Crippen LogP contribution in [0.25, 0.3) is 0 Å². The van der Waals surface area contributed by atoms with Gasteiger partial charge in [0.1, 0.15) is 0 Å². The summed E-state index contributed by atoms with van der Waals surface area (Å²) >= 11 is 0. The smallest absolute Gasteiger partial charge is 0.255 e. The molecule has 0 radical (unpaired) electrons. The van der Waals surface area contributed by atoms with Gasteiger partial charge in [0.15, 0.2) is 0 Å². The fraction of sp³-hybridized carbons (Fsp3) is 0. The average molecular weight is 88.1 g/mol. The topological polar surface area (TPSA) is 135 Å². The van der Waals surface area contributed by atoms with E-state index in [1.165, 1.54) is 0 Å². The van der Waals surface area contributed by atoms with Crippen LogP contribution in [0.5, 0.6) is 0 Å². The molecule has 0 aromatic heterocycles. The Bertz CT molecular complexity index is 0. The zero-order valence-corrected chi connectivity index (χ0v) is 2.39. The summed E-state index contributed by atoms with van der Waals surface area (Å²) < 4.78 is 0. The highest BCUT2D eigenvalue weighted by Gasteiger charge is 0.745. The Morgan fingerprint density at radius 3 is 0.600 bits per heavy atom. The van der Waals surface area contributed by atoms with Gasteiger partial charge < -0.3 is 16.4 Å². The third-order valence-corrected chi connectivity index (χ3v) is 0. The lowest BCUT2D eigenvalue weighted by Gasteiger charge is -1.25. The van der Waals surface area contributed by atoms with Crippen LogP contribution in [0.3, 0.4) is 0 Å². The Labute approximate surface area is 28.3 Å². The van der Waals surface area contributed by atoms with Gasteiger partial charge in [0, 0.05) is 0 Å². The predicted molar refractivity (Wildman–Crippen MR) is 16.1 cm³/mol. The summed E-state index contributed by atoms with van der Waals surface area (Å²) in [5.74, 6) is 0. The summed E-state index contributed by atoms with van der Waals surface area (Å²) in [7, 11) is 0. The highest BCUT2D eigenvalue weighted by molar-refractivity contribution is 1.82. The van der Waals surface area contributed by atoms with Gasteiger partial charge in [-0.1, -0.05) is 0 Å². The lowest BCUT2D eigenvalue weighted by atomic mass is 15.0.